The zero-order valence-electron chi connectivity index (χ0n) is 16.4. The Morgan fingerprint density at radius 1 is 1.04 bits per heavy atom. The van der Waals surface area contributed by atoms with Crippen molar-refractivity contribution in [2.24, 2.45) is 0 Å². The molecule has 0 fully saturated rings. The summed E-state index contributed by atoms with van der Waals surface area (Å²) in [5.74, 6) is 1.25. The maximum absolute atomic E-state index is 12.6. The Balaban J connectivity index is 1.84. The van der Waals surface area contributed by atoms with E-state index in [4.69, 9.17) is 9.47 Å². The zero-order chi connectivity index (χ0) is 19.6. The lowest BCUT2D eigenvalue weighted by Crippen LogP contribution is -2.23. The van der Waals surface area contributed by atoms with Gasteiger partial charge < -0.3 is 14.4 Å². The molecule has 27 heavy (non-hydrogen) atoms. The van der Waals surface area contributed by atoms with Crippen molar-refractivity contribution >= 4 is 17.5 Å². The maximum atomic E-state index is 12.6. The third kappa shape index (κ3) is 3.47. The fourth-order valence-corrected chi connectivity index (χ4v) is 3.58. The zero-order valence-corrected chi connectivity index (χ0v) is 16.4. The van der Waals surface area contributed by atoms with Crippen LogP contribution in [0.15, 0.2) is 60.3 Å². The highest BCUT2D eigenvalue weighted by atomic mass is 16.5. The van der Waals surface area contributed by atoms with Crippen LogP contribution in [0.2, 0.25) is 0 Å². The second-order valence-electron chi connectivity index (χ2n) is 7.08. The molecular weight excluding hydrogens is 338 g/mol. The van der Waals surface area contributed by atoms with Gasteiger partial charge in [0, 0.05) is 29.9 Å². The van der Waals surface area contributed by atoms with E-state index in [0.29, 0.717) is 11.5 Å². The number of methoxy groups -OCH3 is 2. The summed E-state index contributed by atoms with van der Waals surface area (Å²) in [6.07, 6.45) is 5.09. The summed E-state index contributed by atoms with van der Waals surface area (Å²) in [5, 5.41) is 0. The molecule has 2 aromatic rings. The molecule has 1 aliphatic rings. The monoisotopic (exact) mass is 363 g/mol. The van der Waals surface area contributed by atoms with Crippen molar-refractivity contribution in [1.29, 1.82) is 0 Å². The average Bonchev–Trinajstić information content (AvgIpc) is 2.87. The highest BCUT2D eigenvalue weighted by Gasteiger charge is 2.38. The summed E-state index contributed by atoms with van der Waals surface area (Å²) in [4.78, 5) is 14.7. The Labute approximate surface area is 160 Å². The number of ketones is 1. The largest absolute Gasteiger partial charge is 0.493 e. The minimum Gasteiger partial charge on any atom is -0.493 e. The van der Waals surface area contributed by atoms with E-state index in [1.165, 1.54) is 5.56 Å². The number of nitrogens with zero attached hydrogens (tertiary/aromatic N) is 1. The topological polar surface area (TPSA) is 38.8 Å². The van der Waals surface area contributed by atoms with Crippen LogP contribution in [0.1, 0.15) is 25.0 Å². The van der Waals surface area contributed by atoms with E-state index in [-0.39, 0.29) is 11.2 Å². The van der Waals surface area contributed by atoms with Gasteiger partial charge in [0.1, 0.15) is 0 Å². The predicted molar refractivity (Wildman–Crippen MR) is 110 cm³/mol. The molecule has 0 saturated heterocycles. The van der Waals surface area contributed by atoms with E-state index in [2.05, 4.69) is 30.9 Å². The number of hydrogen-bond acceptors (Lipinski definition) is 4. The van der Waals surface area contributed by atoms with Crippen LogP contribution in [0.3, 0.4) is 0 Å². The summed E-state index contributed by atoms with van der Waals surface area (Å²) in [7, 11) is 5.20. The number of fused-ring (bicyclic) bond motifs is 1. The number of carbonyl (C=O) groups excluding carboxylic acids is 1. The first-order chi connectivity index (χ1) is 12.9. The van der Waals surface area contributed by atoms with E-state index in [0.717, 1.165) is 16.9 Å². The molecular formula is C23H25NO3. The third-order valence-corrected chi connectivity index (χ3v) is 5.07. The molecule has 0 radical (unpaired) electrons. The second kappa shape index (κ2) is 7.31. The molecule has 140 valence electrons. The minimum atomic E-state index is -0.210. The Hall–Kier alpha value is -3.01. The highest BCUT2D eigenvalue weighted by molar-refractivity contribution is 6.03. The maximum Gasteiger partial charge on any atom is 0.180 e. The number of benzene rings is 2. The fourth-order valence-electron chi connectivity index (χ4n) is 3.58. The summed E-state index contributed by atoms with van der Waals surface area (Å²) >= 11 is 0. The standard InChI is InChI=1S/C23H25NO3/c1-23(2)18-8-6-7-9-19(18)24(3)22(23)15-17(25)12-10-16-11-13-20(26-4)21(14-16)27-5/h6-15H,1-5H3/b12-10+,22-15+. The van der Waals surface area contributed by atoms with Crippen molar-refractivity contribution in [2.45, 2.75) is 19.3 Å². The van der Waals surface area contributed by atoms with E-state index in [9.17, 15) is 4.79 Å². The molecule has 1 aliphatic heterocycles. The van der Waals surface area contributed by atoms with Gasteiger partial charge in [0.15, 0.2) is 17.3 Å². The molecule has 0 spiro atoms. The smallest absolute Gasteiger partial charge is 0.180 e. The Morgan fingerprint density at radius 2 is 1.74 bits per heavy atom. The number of para-hydroxylation sites is 1. The molecule has 4 nitrogen and oxygen atoms in total. The molecule has 0 amide bonds. The van der Waals surface area contributed by atoms with Gasteiger partial charge in [-0.15, -0.1) is 0 Å². The first-order valence-electron chi connectivity index (χ1n) is 8.88. The van der Waals surface area contributed by atoms with Crippen molar-refractivity contribution < 1.29 is 14.3 Å². The number of ether oxygens (including phenoxy) is 2. The molecule has 3 rings (SSSR count). The molecule has 0 aromatic heterocycles. The van der Waals surface area contributed by atoms with Crippen LogP contribution in [0.5, 0.6) is 11.5 Å². The number of anilines is 1. The molecule has 0 unspecified atom stereocenters. The molecule has 0 bridgehead atoms. The van der Waals surface area contributed by atoms with Gasteiger partial charge in [0.25, 0.3) is 0 Å². The number of carbonyl (C=O) groups is 1. The van der Waals surface area contributed by atoms with Gasteiger partial charge in [0.05, 0.1) is 14.2 Å². The molecule has 4 heteroatoms. The summed E-state index contributed by atoms with van der Waals surface area (Å²) in [6, 6.07) is 13.8. The second-order valence-corrected chi connectivity index (χ2v) is 7.08. The van der Waals surface area contributed by atoms with Crippen LogP contribution in [0.25, 0.3) is 6.08 Å². The molecule has 0 N–H and O–H groups in total. The quantitative estimate of drug-likeness (QED) is 0.728. The minimum absolute atomic E-state index is 0.0486. The summed E-state index contributed by atoms with van der Waals surface area (Å²) < 4.78 is 10.5. The van der Waals surface area contributed by atoms with Crippen LogP contribution < -0.4 is 14.4 Å². The van der Waals surface area contributed by atoms with Crippen molar-refractivity contribution in [3.63, 3.8) is 0 Å². The average molecular weight is 363 g/mol. The fraction of sp³-hybridized carbons (Fsp3) is 0.261. The molecule has 2 aromatic carbocycles. The van der Waals surface area contributed by atoms with Crippen LogP contribution in [-0.4, -0.2) is 27.1 Å². The normalized spacial score (nSPS) is 16.6. The number of allylic oxidation sites excluding steroid dienone is 3. The van der Waals surface area contributed by atoms with Gasteiger partial charge in [-0.3, -0.25) is 4.79 Å². The Kier molecular flexibility index (Phi) is 5.08. The van der Waals surface area contributed by atoms with Gasteiger partial charge >= 0.3 is 0 Å². The van der Waals surface area contributed by atoms with Crippen LogP contribution in [0, 0.1) is 0 Å². The van der Waals surface area contributed by atoms with Crippen LogP contribution in [-0.2, 0) is 10.2 Å². The lowest BCUT2D eigenvalue weighted by atomic mass is 9.83. The van der Waals surface area contributed by atoms with Gasteiger partial charge in [0.2, 0.25) is 0 Å². The van der Waals surface area contributed by atoms with Crippen molar-refractivity contribution in [3.8, 4) is 11.5 Å². The van der Waals surface area contributed by atoms with E-state index >= 15 is 0 Å². The lowest BCUT2D eigenvalue weighted by Gasteiger charge is -2.23. The number of hydrogen-bond donors (Lipinski definition) is 0. The highest BCUT2D eigenvalue weighted by Crippen LogP contribution is 2.46. The predicted octanol–water partition coefficient (Wildman–Crippen LogP) is 4.60. The number of likely N-dealkylation sites (N-methyl/N-ethyl adjacent to an activating group) is 1. The first kappa shape index (κ1) is 18.8. The third-order valence-electron chi connectivity index (χ3n) is 5.07. The Bertz CT molecular complexity index is 925. The van der Waals surface area contributed by atoms with Gasteiger partial charge in [-0.2, -0.15) is 0 Å². The van der Waals surface area contributed by atoms with Crippen LogP contribution >= 0.6 is 0 Å². The van der Waals surface area contributed by atoms with Crippen molar-refractivity contribution in [3.05, 3.63) is 71.4 Å². The first-order valence-corrected chi connectivity index (χ1v) is 8.88. The van der Waals surface area contributed by atoms with Crippen molar-refractivity contribution in [2.75, 3.05) is 26.2 Å². The van der Waals surface area contributed by atoms with E-state index < -0.39 is 0 Å². The molecule has 0 aliphatic carbocycles. The van der Waals surface area contributed by atoms with Gasteiger partial charge in [-0.05, 0) is 35.4 Å². The molecule has 1 heterocycles. The van der Waals surface area contributed by atoms with Crippen molar-refractivity contribution in [1.82, 2.24) is 0 Å². The Morgan fingerprint density at radius 3 is 2.41 bits per heavy atom. The van der Waals surface area contributed by atoms with Gasteiger partial charge in [-0.1, -0.05) is 44.2 Å². The van der Waals surface area contributed by atoms with E-state index in [1.807, 2.05) is 37.4 Å². The van der Waals surface area contributed by atoms with Gasteiger partial charge in [-0.25, -0.2) is 0 Å². The SMILES string of the molecule is COc1ccc(/C=C/C(=O)/C=C2/N(C)c3ccccc3C2(C)C)cc1OC. The van der Waals surface area contributed by atoms with Crippen LogP contribution in [0.4, 0.5) is 5.69 Å². The summed E-state index contributed by atoms with van der Waals surface area (Å²) in [6.45, 7) is 4.29. The molecule has 0 saturated carbocycles. The van der Waals surface area contributed by atoms with E-state index in [1.54, 1.807) is 32.4 Å². The summed E-state index contributed by atoms with van der Waals surface area (Å²) in [5.41, 5.74) is 4.03. The molecule has 0 atom stereocenters. The number of rotatable bonds is 5. The lowest BCUT2D eigenvalue weighted by molar-refractivity contribution is -0.110.